The van der Waals surface area contributed by atoms with Crippen molar-refractivity contribution in [2.75, 3.05) is 44.8 Å². The van der Waals surface area contributed by atoms with Gasteiger partial charge in [-0.05, 0) is 50.4 Å². The summed E-state index contributed by atoms with van der Waals surface area (Å²) in [7, 11) is 2.11. The lowest BCUT2D eigenvalue weighted by molar-refractivity contribution is 0.218. The summed E-state index contributed by atoms with van der Waals surface area (Å²) in [6.45, 7) is 5.79. The van der Waals surface area contributed by atoms with Gasteiger partial charge in [0.25, 0.3) is 0 Å². The highest BCUT2D eigenvalue weighted by Gasteiger charge is 2.27. The molecule has 5 nitrogen and oxygen atoms in total. The zero-order chi connectivity index (χ0) is 16.8. The molecule has 0 radical (unpaired) electrons. The fourth-order valence-corrected chi connectivity index (χ4v) is 3.34. The van der Waals surface area contributed by atoms with Crippen molar-refractivity contribution in [2.24, 2.45) is 5.92 Å². The van der Waals surface area contributed by atoms with Gasteiger partial charge in [0.05, 0.1) is 17.3 Å². The lowest BCUT2D eigenvalue weighted by Crippen LogP contribution is -2.34. The molecule has 124 valence electrons. The van der Waals surface area contributed by atoms with Crippen LogP contribution in [0.15, 0.2) is 23.1 Å². The minimum Gasteiger partial charge on any atom is -0.324 e. The Morgan fingerprint density at radius 3 is 3.00 bits per heavy atom. The number of hydrogen-bond donors (Lipinski definition) is 1. The van der Waals surface area contributed by atoms with E-state index in [2.05, 4.69) is 30.3 Å². The monoisotopic (exact) mass is 332 g/mol. The van der Waals surface area contributed by atoms with Crippen LogP contribution in [0.1, 0.15) is 18.9 Å². The Bertz CT molecular complexity index is 599. The normalized spacial score (nSPS) is 17.3. The van der Waals surface area contributed by atoms with Crippen molar-refractivity contribution in [3.05, 3.63) is 23.8 Å². The van der Waals surface area contributed by atoms with Gasteiger partial charge in [-0.2, -0.15) is 5.26 Å². The smallest absolute Gasteiger partial charge is 0.321 e. The topological polar surface area (TPSA) is 59.4 Å². The van der Waals surface area contributed by atoms with E-state index in [9.17, 15) is 4.79 Å². The molecular formula is C17H24N4OS. The summed E-state index contributed by atoms with van der Waals surface area (Å²) in [4.78, 5) is 17.6. The molecule has 1 N–H and O–H groups in total. The quantitative estimate of drug-likeness (QED) is 0.842. The molecular weight excluding hydrogens is 308 g/mol. The molecule has 0 spiro atoms. The van der Waals surface area contributed by atoms with E-state index < -0.39 is 0 Å². The van der Waals surface area contributed by atoms with Crippen LogP contribution in [-0.4, -0.2) is 55.3 Å². The van der Waals surface area contributed by atoms with Gasteiger partial charge in [-0.15, -0.1) is 11.8 Å². The highest BCUT2D eigenvalue weighted by molar-refractivity contribution is 7.98. The minimum atomic E-state index is -0.0722. The molecule has 1 aliphatic rings. The van der Waals surface area contributed by atoms with Crippen molar-refractivity contribution in [1.29, 1.82) is 5.26 Å². The maximum absolute atomic E-state index is 12.5. The van der Waals surface area contributed by atoms with Crippen molar-refractivity contribution in [2.45, 2.75) is 18.2 Å². The SMILES string of the molecule is CCN(C)C[C@H]1CCN(C(=O)Nc2cc(C#N)ccc2SC)C1. The molecule has 0 saturated carbocycles. The Balaban J connectivity index is 1.99. The summed E-state index contributed by atoms with van der Waals surface area (Å²) in [6, 6.07) is 7.43. The predicted molar refractivity (Wildman–Crippen MR) is 94.8 cm³/mol. The molecule has 1 aromatic carbocycles. The third-order valence-electron chi connectivity index (χ3n) is 4.25. The average Bonchev–Trinajstić information content (AvgIpc) is 3.03. The molecule has 1 atom stereocenters. The molecule has 1 aliphatic heterocycles. The van der Waals surface area contributed by atoms with Gasteiger partial charge in [0.2, 0.25) is 0 Å². The van der Waals surface area contributed by atoms with Gasteiger partial charge in [-0.25, -0.2) is 4.79 Å². The zero-order valence-electron chi connectivity index (χ0n) is 14.0. The number of amides is 2. The summed E-state index contributed by atoms with van der Waals surface area (Å²) in [6.07, 6.45) is 3.01. The molecule has 2 rings (SSSR count). The second-order valence-electron chi connectivity index (χ2n) is 5.91. The van der Waals surface area contributed by atoms with Crippen LogP contribution in [0.25, 0.3) is 0 Å². The van der Waals surface area contributed by atoms with E-state index in [0.29, 0.717) is 11.5 Å². The number of nitrogens with one attached hydrogen (secondary N) is 1. The maximum atomic E-state index is 12.5. The Kier molecular flexibility index (Phi) is 6.31. The molecule has 1 heterocycles. The molecule has 1 saturated heterocycles. The Morgan fingerprint density at radius 1 is 1.57 bits per heavy atom. The molecule has 23 heavy (non-hydrogen) atoms. The third kappa shape index (κ3) is 4.63. The number of urea groups is 1. The Labute approximate surface area is 142 Å². The molecule has 2 amide bonds. The van der Waals surface area contributed by atoms with Crippen molar-refractivity contribution in [1.82, 2.24) is 9.80 Å². The van der Waals surface area contributed by atoms with Gasteiger partial charge >= 0.3 is 6.03 Å². The van der Waals surface area contributed by atoms with Gasteiger partial charge in [0.15, 0.2) is 0 Å². The van der Waals surface area contributed by atoms with Crippen LogP contribution in [0, 0.1) is 17.2 Å². The number of anilines is 1. The number of hydrogen-bond acceptors (Lipinski definition) is 4. The number of thioether (sulfide) groups is 1. The first-order valence-corrected chi connectivity index (χ1v) is 9.12. The lowest BCUT2D eigenvalue weighted by atomic mass is 10.1. The molecule has 0 bridgehead atoms. The van der Waals surface area contributed by atoms with Crippen molar-refractivity contribution >= 4 is 23.5 Å². The number of carbonyl (C=O) groups excluding carboxylic acids is 1. The van der Waals surface area contributed by atoms with Crippen molar-refractivity contribution < 1.29 is 4.79 Å². The fourth-order valence-electron chi connectivity index (χ4n) is 2.81. The molecule has 0 aliphatic carbocycles. The second-order valence-corrected chi connectivity index (χ2v) is 6.76. The zero-order valence-corrected chi connectivity index (χ0v) is 14.8. The van der Waals surface area contributed by atoms with Gasteiger partial charge in [-0.1, -0.05) is 6.92 Å². The summed E-state index contributed by atoms with van der Waals surface area (Å²) < 4.78 is 0. The van der Waals surface area contributed by atoms with Crippen LogP contribution in [-0.2, 0) is 0 Å². The first-order chi connectivity index (χ1) is 11.1. The number of carbonyl (C=O) groups is 1. The van der Waals surface area contributed by atoms with E-state index in [-0.39, 0.29) is 6.03 Å². The van der Waals surface area contributed by atoms with Crippen LogP contribution < -0.4 is 5.32 Å². The highest BCUT2D eigenvalue weighted by Crippen LogP contribution is 2.27. The highest BCUT2D eigenvalue weighted by atomic mass is 32.2. The van der Waals surface area contributed by atoms with Crippen LogP contribution in [0.2, 0.25) is 0 Å². The summed E-state index contributed by atoms with van der Waals surface area (Å²) in [5.74, 6) is 0.538. The van der Waals surface area contributed by atoms with E-state index in [0.717, 1.165) is 43.2 Å². The van der Waals surface area contributed by atoms with E-state index >= 15 is 0 Å². The van der Waals surface area contributed by atoms with E-state index in [1.54, 1.807) is 23.9 Å². The standard InChI is InChI=1S/C17H24N4OS/c1-4-20(2)11-14-7-8-21(12-14)17(22)19-15-9-13(10-18)5-6-16(15)23-3/h5-6,9,14H,4,7-8,11-12H2,1-3H3,(H,19,22)/t14-/m1/s1. The number of benzene rings is 1. The van der Waals surface area contributed by atoms with E-state index in [1.165, 1.54) is 0 Å². The van der Waals surface area contributed by atoms with Crippen molar-refractivity contribution in [3.8, 4) is 6.07 Å². The number of nitriles is 1. The van der Waals surface area contributed by atoms with E-state index in [1.807, 2.05) is 17.2 Å². The predicted octanol–water partition coefficient (Wildman–Crippen LogP) is 3.09. The average molecular weight is 332 g/mol. The molecule has 1 fully saturated rings. The van der Waals surface area contributed by atoms with Crippen LogP contribution in [0.3, 0.4) is 0 Å². The maximum Gasteiger partial charge on any atom is 0.321 e. The van der Waals surface area contributed by atoms with Crippen LogP contribution >= 0.6 is 11.8 Å². The van der Waals surface area contributed by atoms with E-state index in [4.69, 9.17) is 5.26 Å². The van der Waals surface area contributed by atoms with Crippen LogP contribution in [0.5, 0.6) is 0 Å². The Morgan fingerprint density at radius 2 is 2.35 bits per heavy atom. The first kappa shape index (κ1) is 17.6. The minimum absolute atomic E-state index is 0.0722. The summed E-state index contributed by atoms with van der Waals surface area (Å²) in [5.41, 5.74) is 1.28. The number of rotatable bonds is 5. The van der Waals surface area contributed by atoms with Gasteiger partial charge in [-0.3, -0.25) is 0 Å². The lowest BCUT2D eigenvalue weighted by Gasteiger charge is -2.21. The third-order valence-corrected chi connectivity index (χ3v) is 5.05. The first-order valence-electron chi connectivity index (χ1n) is 7.90. The fraction of sp³-hybridized carbons (Fsp3) is 0.529. The molecule has 0 unspecified atom stereocenters. The summed E-state index contributed by atoms with van der Waals surface area (Å²) >= 11 is 1.56. The second kappa shape index (κ2) is 8.23. The van der Waals surface area contributed by atoms with Gasteiger partial charge in [0, 0.05) is 24.5 Å². The van der Waals surface area contributed by atoms with Gasteiger partial charge in [0.1, 0.15) is 0 Å². The summed E-state index contributed by atoms with van der Waals surface area (Å²) in [5, 5.41) is 12.0. The number of nitrogens with zero attached hydrogens (tertiary/aromatic N) is 3. The Hall–Kier alpha value is -1.71. The van der Waals surface area contributed by atoms with Crippen molar-refractivity contribution in [3.63, 3.8) is 0 Å². The van der Waals surface area contributed by atoms with Gasteiger partial charge < -0.3 is 15.1 Å². The number of likely N-dealkylation sites (tertiary alicyclic amines) is 1. The molecule has 1 aromatic rings. The van der Waals surface area contributed by atoms with Crippen LogP contribution in [0.4, 0.5) is 10.5 Å². The molecule has 0 aromatic heterocycles. The molecule has 6 heteroatoms. The largest absolute Gasteiger partial charge is 0.324 e.